The highest BCUT2D eigenvalue weighted by molar-refractivity contribution is 6.30. The van der Waals surface area contributed by atoms with Gasteiger partial charge in [0.1, 0.15) is 5.58 Å². The summed E-state index contributed by atoms with van der Waals surface area (Å²) >= 11 is 5.99. The zero-order chi connectivity index (χ0) is 27.5. The highest BCUT2D eigenvalue weighted by Gasteiger charge is 2.23. The van der Waals surface area contributed by atoms with Gasteiger partial charge in [-0.3, -0.25) is 9.59 Å². The van der Waals surface area contributed by atoms with Crippen LogP contribution in [0.2, 0.25) is 5.02 Å². The number of fused-ring (bicyclic) bond motifs is 1. The SMILES string of the molecule is O=C(C=Cc1cn(-c2ccccc2)nc1-c1ccccc1)Nc1c(C(=O)c2ccc(Cl)cc2)oc2ccccc12. The number of amides is 1. The first-order valence-corrected chi connectivity index (χ1v) is 13.0. The Morgan fingerprint density at radius 1 is 0.825 bits per heavy atom. The highest BCUT2D eigenvalue weighted by atomic mass is 35.5. The van der Waals surface area contributed by atoms with Gasteiger partial charge in [0.2, 0.25) is 11.7 Å². The zero-order valence-corrected chi connectivity index (χ0v) is 21.9. The topological polar surface area (TPSA) is 77.1 Å². The second-order valence-electron chi connectivity index (χ2n) is 9.04. The zero-order valence-electron chi connectivity index (χ0n) is 21.1. The van der Waals surface area contributed by atoms with Crippen LogP contribution in [-0.2, 0) is 4.79 Å². The number of hydrogen-bond donors (Lipinski definition) is 1. The minimum Gasteiger partial charge on any atom is -0.450 e. The Kier molecular flexibility index (Phi) is 6.83. The number of aromatic nitrogens is 2. The summed E-state index contributed by atoms with van der Waals surface area (Å²) in [6.45, 7) is 0. The number of halogens is 1. The van der Waals surface area contributed by atoms with Crippen LogP contribution in [0.3, 0.4) is 0 Å². The van der Waals surface area contributed by atoms with Crippen LogP contribution in [-0.4, -0.2) is 21.5 Å². The van der Waals surface area contributed by atoms with Crippen LogP contribution in [0.4, 0.5) is 5.69 Å². The molecule has 6 nitrogen and oxygen atoms in total. The number of hydrogen-bond acceptors (Lipinski definition) is 4. The Balaban J connectivity index is 1.33. The fourth-order valence-electron chi connectivity index (χ4n) is 4.43. The Morgan fingerprint density at radius 2 is 1.50 bits per heavy atom. The fourth-order valence-corrected chi connectivity index (χ4v) is 4.56. The van der Waals surface area contributed by atoms with E-state index in [1.165, 1.54) is 6.08 Å². The van der Waals surface area contributed by atoms with E-state index in [-0.39, 0.29) is 11.5 Å². The molecule has 4 aromatic carbocycles. The van der Waals surface area contributed by atoms with E-state index in [9.17, 15) is 9.59 Å². The number of anilines is 1. The third-order valence-electron chi connectivity index (χ3n) is 6.38. The number of ketones is 1. The standard InChI is InChI=1S/C33H22ClN3O3/c34-25-18-15-23(16-19-25)32(39)33-31(27-13-7-8-14-28(27)40-33)35-29(38)20-17-24-21-37(26-11-5-2-6-12-26)36-30(24)22-9-3-1-4-10-22/h1-21H,(H,35,38). The van der Waals surface area contributed by atoms with Crippen molar-refractivity contribution in [3.63, 3.8) is 0 Å². The van der Waals surface area contributed by atoms with Crippen molar-refractivity contribution in [2.75, 3.05) is 5.32 Å². The molecule has 40 heavy (non-hydrogen) atoms. The van der Waals surface area contributed by atoms with Gasteiger partial charge in [0.25, 0.3) is 0 Å². The normalized spacial score (nSPS) is 11.2. The molecule has 1 amide bonds. The van der Waals surface area contributed by atoms with Crippen LogP contribution >= 0.6 is 11.6 Å². The molecule has 0 aliphatic carbocycles. The van der Waals surface area contributed by atoms with Crippen LogP contribution in [0.15, 0.2) is 126 Å². The lowest BCUT2D eigenvalue weighted by Gasteiger charge is -2.04. The summed E-state index contributed by atoms with van der Waals surface area (Å²) in [5, 5.41) is 8.80. The molecular weight excluding hydrogens is 522 g/mol. The van der Waals surface area contributed by atoms with E-state index in [1.807, 2.05) is 79.0 Å². The molecule has 0 radical (unpaired) electrons. The van der Waals surface area contributed by atoms with E-state index in [4.69, 9.17) is 21.1 Å². The van der Waals surface area contributed by atoms with Gasteiger partial charge in [0.05, 0.1) is 17.1 Å². The number of nitrogens with one attached hydrogen (secondary N) is 1. The van der Waals surface area contributed by atoms with E-state index in [1.54, 1.807) is 47.2 Å². The average molecular weight is 544 g/mol. The number of furan rings is 1. The lowest BCUT2D eigenvalue weighted by atomic mass is 10.1. The third-order valence-corrected chi connectivity index (χ3v) is 6.63. The first-order chi connectivity index (χ1) is 19.6. The molecule has 0 bridgehead atoms. The van der Waals surface area contributed by atoms with Gasteiger partial charge < -0.3 is 9.73 Å². The van der Waals surface area contributed by atoms with Crippen molar-refractivity contribution in [1.82, 2.24) is 9.78 Å². The second-order valence-corrected chi connectivity index (χ2v) is 9.48. The van der Waals surface area contributed by atoms with Gasteiger partial charge in [-0.15, -0.1) is 0 Å². The molecule has 6 rings (SSSR count). The molecule has 7 heteroatoms. The number of rotatable bonds is 7. The van der Waals surface area contributed by atoms with Crippen LogP contribution in [0.1, 0.15) is 21.7 Å². The van der Waals surface area contributed by atoms with Crippen LogP contribution in [0.25, 0.3) is 34.0 Å². The van der Waals surface area contributed by atoms with Crippen molar-refractivity contribution in [2.45, 2.75) is 0 Å². The maximum atomic E-state index is 13.3. The van der Waals surface area contributed by atoms with Gasteiger partial charge >= 0.3 is 0 Å². The molecule has 0 spiro atoms. The second kappa shape index (κ2) is 10.9. The maximum Gasteiger partial charge on any atom is 0.248 e. The lowest BCUT2D eigenvalue weighted by molar-refractivity contribution is -0.111. The number of carbonyl (C=O) groups is 2. The molecule has 1 N–H and O–H groups in total. The molecule has 194 valence electrons. The summed E-state index contributed by atoms with van der Waals surface area (Å²) in [5.74, 6) is -0.724. The largest absolute Gasteiger partial charge is 0.450 e. The number of nitrogens with zero attached hydrogens (tertiary/aromatic N) is 2. The van der Waals surface area contributed by atoms with E-state index in [0.29, 0.717) is 27.2 Å². The van der Waals surface area contributed by atoms with E-state index < -0.39 is 5.91 Å². The highest BCUT2D eigenvalue weighted by Crippen LogP contribution is 2.33. The van der Waals surface area contributed by atoms with Crippen LogP contribution in [0, 0.1) is 0 Å². The Morgan fingerprint density at radius 3 is 2.25 bits per heavy atom. The van der Waals surface area contributed by atoms with Gasteiger partial charge in [-0.1, -0.05) is 72.3 Å². The van der Waals surface area contributed by atoms with Crippen molar-refractivity contribution in [2.24, 2.45) is 0 Å². The molecule has 0 saturated carbocycles. The van der Waals surface area contributed by atoms with Gasteiger partial charge in [-0.05, 0) is 54.6 Å². The van der Waals surface area contributed by atoms with Crippen molar-refractivity contribution in [3.05, 3.63) is 143 Å². The maximum absolute atomic E-state index is 13.3. The minimum absolute atomic E-state index is 0.0483. The van der Waals surface area contributed by atoms with Gasteiger partial charge in [0.15, 0.2) is 5.76 Å². The summed E-state index contributed by atoms with van der Waals surface area (Å²) < 4.78 is 7.69. The van der Waals surface area contributed by atoms with Crippen LogP contribution < -0.4 is 5.32 Å². The Labute approximate surface area is 235 Å². The van der Waals surface area contributed by atoms with Crippen molar-refractivity contribution < 1.29 is 14.0 Å². The average Bonchev–Trinajstić information content (AvgIpc) is 3.59. The quantitative estimate of drug-likeness (QED) is 0.164. The molecule has 6 aromatic rings. The van der Waals surface area contributed by atoms with Crippen molar-refractivity contribution >= 4 is 46.0 Å². The predicted molar refractivity (Wildman–Crippen MR) is 158 cm³/mol. The summed E-state index contributed by atoms with van der Waals surface area (Å²) in [4.78, 5) is 26.5. The monoisotopic (exact) mass is 543 g/mol. The first kappa shape index (κ1) is 25.1. The lowest BCUT2D eigenvalue weighted by Crippen LogP contribution is -2.11. The van der Waals surface area contributed by atoms with Gasteiger partial charge in [-0.2, -0.15) is 5.10 Å². The van der Waals surface area contributed by atoms with E-state index in [2.05, 4.69) is 5.32 Å². The molecule has 2 aromatic heterocycles. The smallest absolute Gasteiger partial charge is 0.248 e. The molecule has 0 aliphatic rings. The molecule has 0 unspecified atom stereocenters. The summed E-state index contributed by atoms with van der Waals surface area (Å²) in [6.07, 6.45) is 5.02. The summed E-state index contributed by atoms with van der Waals surface area (Å²) in [6, 6.07) is 33.3. The van der Waals surface area contributed by atoms with Crippen molar-refractivity contribution in [3.8, 4) is 16.9 Å². The predicted octanol–water partition coefficient (Wildman–Crippen LogP) is 7.82. The van der Waals surface area contributed by atoms with Crippen LogP contribution in [0.5, 0.6) is 0 Å². The minimum atomic E-state index is -0.414. The Hall–Kier alpha value is -5.20. The molecule has 0 atom stereocenters. The number of benzene rings is 4. The molecule has 2 heterocycles. The molecule has 0 aliphatic heterocycles. The van der Waals surface area contributed by atoms with Crippen molar-refractivity contribution in [1.29, 1.82) is 0 Å². The molecule has 0 saturated heterocycles. The first-order valence-electron chi connectivity index (χ1n) is 12.6. The van der Waals surface area contributed by atoms with Gasteiger partial charge in [0, 0.05) is 39.4 Å². The van der Waals surface area contributed by atoms with E-state index >= 15 is 0 Å². The number of carbonyl (C=O) groups excluding carboxylic acids is 2. The van der Waals surface area contributed by atoms with E-state index in [0.717, 1.165) is 22.5 Å². The number of para-hydroxylation sites is 2. The fraction of sp³-hybridized carbons (Fsp3) is 0. The molecule has 0 fully saturated rings. The summed E-state index contributed by atoms with van der Waals surface area (Å²) in [5.41, 5.74) is 4.53. The third kappa shape index (κ3) is 5.08. The van der Waals surface area contributed by atoms with Gasteiger partial charge in [-0.25, -0.2) is 4.68 Å². The summed E-state index contributed by atoms with van der Waals surface area (Å²) in [7, 11) is 0. The Bertz CT molecular complexity index is 1850. The molecular formula is C33H22ClN3O3.